The zero-order valence-electron chi connectivity index (χ0n) is 15.4. The highest BCUT2D eigenvalue weighted by molar-refractivity contribution is 6.31. The predicted octanol–water partition coefficient (Wildman–Crippen LogP) is 4.30. The first-order valence-electron chi connectivity index (χ1n) is 9.38. The highest BCUT2D eigenvalue weighted by Gasteiger charge is 2.41. The Bertz CT molecular complexity index is 953. The first-order valence-corrected chi connectivity index (χ1v) is 9.76. The Hall–Kier alpha value is -2.30. The molecule has 0 saturated carbocycles. The number of benzene rings is 2. The molecule has 1 aliphatic rings. The van der Waals surface area contributed by atoms with Gasteiger partial charge in [0.1, 0.15) is 0 Å². The fraction of sp³-hybridized carbons (Fsp3) is 0.318. The van der Waals surface area contributed by atoms with Crippen LogP contribution >= 0.6 is 11.6 Å². The van der Waals surface area contributed by atoms with E-state index >= 15 is 0 Å². The molecule has 0 bridgehead atoms. The molecule has 1 saturated heterocycles. The average Bonchev–Trinajstić information content (AvgIpc) is 3.26. The molecule has 0 radical (unpaired) electrons. The van der Waals surface area contributed by atoms with E-state index < -0.39 is 0 Å². The number of carbonyl (C=O) groups is 1. The van der Waals surface area contributed by atoms with Gasteiger partial charge in [0.15, 0.2) is 0 Å². The molecule has 0 aliphatic carbocycles. The quantitative estimate of drug-likeness (QED) is 0.692. The molecule has 2 unspecified atom stereocenters. The van der Waals surface area contributed by atoms with Crippen LogP contribution in [0.5, 0.6) is 0 Å². The van der Waals surface area contributed by atoms with E-state index in [0.29, 0.717) is 0 Å². The summed E-state index contributed by atoms with van der Waals surface area (Å²) < 4.78 is 0. The van der Waals surface area contributed by atoms with E-state index in [-0.39, 0.29) is 23.8 Å². The second-order valence-electron chi connectivity index (χ2n) is 7.47. The van der Waals surface area contributed by atoms with Crippen LogP contribution in [0.2, 0.25) is 5.02 Å². The van der Waals surface area contributed by atoms with Crippen molar-refractivity contribution in [3.8, 4) is 0 Å². The van der Waals surface area contributed by atoms with E-state index in [4.69, 9.17) is 17.3 Å². The van der Waals surface area contributed by atoms with E-state index in [1.165, 1.54) is 11.1 Å². The number of amides is 1. The van der Waals surface area contributed by atoms with Crippen LogP contribution in [0.3, 0.4) is 0 Å². The minimum atomic E-state index is -0.208. The molecule has 4 nitrogen and oxygen atoms in total. The summed E-state index contributed by atoms with van der Waals surface area (Å²) in [5.74, 6) is -0.200. The van der Waals surface area contributed by atoms with Crippen molar-refractivity contribution in [3.05, 3.63) is 70.9 Å². The Morgan fingerprint density at radius 2 is 2.07 bits per heavy atom. The maximum Gasteiger partial charge on any atom is 0.222 e. The van der Waals surface area contributed by atoms with Gasteiger partial charge in [-0.3, -0.25) is 9.69 Å². The molecule has 140 valence electrons. The molecule has 2 heterocycles. The summed E-state index contributed by atoms with van der Waals surface area (Å²) in [6, 6.07) is 16.3. The number of hydrogen-bond acceptors (Lipinski definition) is 2. The Morgan fingerprint density at radius 1 is 1.30 bits per heavy atom. The first-order chi connectivity index (χ1) is 13.0. The van der Waals surface area contributed by atoms with Crippen molar-refractivity contribution in [2.75, 3.05) is 6.54 Å². The Labute approximate surface area is 164 Å². The molecule has 4 rings (SSSR count). The van der Waals surface area contributed by atoms with Gasteiger partial charge < -0.3 is 10.7 Å². The van der Waals surface area contributed by atoms with Crippen LogP contribution < -0.4 is 5.73 Å². The number of fused-ring (bicyclic) bond motifs is 1. The van der Waals surface area contributed by atoms with Crippen LogP contribution in [0.1, 0.15) is 30.4 Å². The van der Waals surface area contributed by atoms with Gasteiger partial charge in [0.05, 0.1) is 5.92 Å². The monoisotopic (exact) mass is 381 g/mol. The Kier molecular flexibility index (Phi) is 4.94. The molecule has 27 heavy (non-hydrogen) atoms. The number of nitrogens with two attached hydrogens (primary N) is 1. The molecule has 2 aromatic carbocycles. The summed E-state index contributed by atoms with van der Waals surface area (Å²) in [7, 11) is 0. The average molecular weight is 382 g/mol. The topological polar surface area (TPSA) is 62.1 Å². The van der Waals surface area contributed by atoms with E-state index in [1.807, 2.05) is 30.5 Å². The third kappa shape index (κ3) is 3.47. The van der Waals surface area contributed by atoms with Crippen molar-refractivity contribution < 1.29 is 4.79 Å². The molecular weight excluding hydrogens is 358 g/mol. The van der Waals surface area contributed by atoms with Gasteiger partial charge in [-0.15, -0.1) is 0 Å². The second kappa shape index (κ2) is 7.37. The van der Waals surface area contributed by atoms with Gasteiger partial charge in [-0.05, 0) is 48.2 Å². The number of nitrogens with zero attached hydrogens (tertiary/aromatic N) is 1. The number of hydrogen-bond donors (Lipinski definition) is 2. The normalized spacial score (nSPS) is 21.6. The predicted molar refractivity (Wildman–Crippen MR) is 110 cm³/mol. The smallest absolute Gasteiger partial charge is 0.222 e. The maximum atomic E-state index is 12.2. The summed E-state index contributed by atoms with van der Waals surface area (Å²) in [6.45, 7) is 3.89. The molecule has 1 aromatic heterocycles. The van der Waals surface area contributed by atoms with Crippen LogP contribution in [0.25, 0.3) is 10.9 Å². The summed E-state index contributed by atoms with van der Waals surface area (Å²) >= 11 is 6.23. The number of nitrogens with one attached hydrogen (secondary N) is 1. The lowest BCUT2D eigenvalue weighted by molar-refractivity contribution is -0.122. The summed E-state index contributed by atoms with van der Waals surface area (Å²) in [4.78, 5) is 17.9. The Balaban J connectivity index is 1.69. The Morgan fingerprint density at radius 3 is 2.81 bits per heavy atom. The van der Waals surface area contributed by atoms with Crippen LogP contribution in [0.4, 0.5) is 0 Å². The molecule has 3 aromatic rings. The number of aromatic nitrogens is 1. The van der Waals surface area contributed by atoms with Gasteiger partial charge in [-0.2, -0.15) is 0 Å². The summed E-state index contributed by atoms with van der Waals surface area (Å²) in [5, 5.41) is 1.83. The minimum absolute atomic E-state index is 0.0701. The van der Waals surface area contributed by atoms with Crippen LogP contribution in [0, 0.1) is 5.92 Å². The molecule has 1 amide bonds. The fourth-order valence-corrected chi connectivity index (χ4v) is 4.70. The zero-order chi connectivity index (χ0) is 19.0. The molecule has 5 heteroatoms. The van der Waals surface area contributed by atoms with Crippen molar-refractivity contribution in [1.82, 2.24) is 9.88 Å². The van der Waals surface area contributed by atoms with Crippen molar-refractivity contribution in [1.29, 1.82) is 0 Å². The van der Waals surface area contributed by atoms with Crippen LogP contribution in [0.15, 0.2) is 54.7 Å². The molecule has 0 spiro atoms. The van der Waals surface area contributed by atoms with Gasteiger partial charge in [0, 0.05) is 34.7 Å². The molecule has 1 aliphatic heterocycles. The number of rotatable bonds is 5. The lowest BCUT2D eigenvalue weighted by Gasteiger charge is -2.32. The summed E-state index contributed by atoms with van der Waals surface area (Å²) in [6.07, 6.45) is 2.85. The van der Waals surface area contributed by atoms with E-state index in [0.717, 1.165) is 35.4 Å². The van der Waals surface area contributed by atoms with Crippen molar-refractivity contribution in [2.45, 2.75) is 31.8 Å². The second-order valence-corrected chi connectivity index (χ2v) is 7.90. The van der Waals surface area contributed by atoms with Gasteiger partial charge in [-0.25, -0.2) is 0 Å². The lowest BCUT2D eigenvalue weighted by Crippen LogP contribution is -2.41. The van der Waals surface area contributed by atoms with E-state index in [9.17, 15) is 4.79 Å². The number of likely N-dealkylation sites (tertiary alicyclic amines) is 1. The maximum absolute atomic E-state index is 12.2. The highest BCUT2D eigenvalue weighted by atomic mass is 35.5. The van der Waals surface area contributed by atoms with E-state index in [1.54, 1.807) is 0 Å². The highest BCUT2D eigenvalue weighted by Crippen LogP contribution is 2.39. The van der Waals surface area contributed by atoms with Gasteiger partial charge in [-0.1, -0.05) is 48.9 Å². The minimum Gasteiger partial charge on any atom is -0.369 e. The van der Waals surface area contributed by atoms with Crippen LogP contribution in [-0.2, 0) is 11.3 Å². The molecule has 1 fully saturated rings. The third-order valence-electron chi connectivity index (χ3n) is 5.83. The van der Waals surface area contributed by atoms with E-state index in [2.05, 4.69) is 41.1 Å². The van der Waals surface area contributed by atoms with Gasteiger partial charge >= 0.3 is 0 Å². The number of carbonyl (C=O) groups excluding carboxylic acids is 1. The van der Waals surface area contributed by atoms with Crippen molar-refractivity contribution >= 4 is 28.4 Å². The molecule has 3 N–H and O–H groups in total. The lowest BCUT2D eigenvalue weighted by atomic mass is 9.84. The summed E-state index contributed by atoms with van der Waals surface area (Å²) in [5.41, 5.74) is 9.27. The fourth-order valence-electron chi connectivity index (χ4n) is 4.53. The van der Waals surface area contributed by atoms with Gasteiger partial charge in [0.2, 0.25) is 5.91 Å². The molecular formula is C22H24ClN3O. The standard InChI is InChI=1S/C22H24ClN3O/c1-14(19-12-25-20-8-7-16(23)11-18(19)20)21-17(22(24)27)9-10-26(21)13-15-5-3-2-4-6-15/h2-8,11-12,14,17,21,25H,9-10,13H2,1H3,(H2,24,27)/t14?,17?,21-/m1/s1. The zero-order valence-corrected chi connectivity index (χ0v) is 16.1. The van der Waals surface area contributed by atoms with Crippen LogP contribution in [-0.4, -0.2) is 28.4 Å². The van der Waals surface area contributed by atoms with Gasteiger partial charge in [0.25, 0.3) is 0 Å². The number of primary amides is 1. The number of halogens is 1. The molecule has 3 atom stereocenters. The SMILES string of the molecule is CC(c1c[nH]c2ccc(Cl)cc12)[C@@H]1C(C(N)=O)CCN1Cc1ccccc1. The third-order valence-corrected chi connectivity index (χ3v) is 6.07. The first kappa shape index (κ1) is 18.1. The number of aromatic amines is 1. The largest absolute Gasteiger partial charge is 0.369 e. The van der Waals surface area contributed by atoms with Crippen molar-refractivity contribution in [3.63, 3.8) is 0 Å². The number of H-pyrrole nitrogens is 1. The van der Waals surface area contributed by atoms with Crippen molar-refractivity contribution in [2.24, 2.45) is 11.7 Å².